The second-order valence-electron chi connectivity index (χ2n) is 4.71. The summed E-state index contributed by atoms with van der Waals surface area (Å²) >= 11 is 0. The fraction of sp³-hybridized carbons (Fsp3) is 0.667. The van der Waals surface area contributed by atoms with Crippen molar-refractivity contribution < 1.29 is 4.74 Å². The molecule has 0 radical (unpaired) electrons. The first-order valence-electron chi connectivity index (χ1n) is 6.07. The first-order chi connectivity index (χ1) is 8.23. The molecule has 1 aliphatic heterocycles. The van der Waals surface area contributed by atoms with E-state index in [0.717, 1.165) is 31.7 Å². The molecule has 17 heavy (non-hydrogen) atoms. The lowest BCUT2D eigenvalue weighted by molar-refractivity contribution is 0.0188. The number of nitrogens with zero attached hydrogens (tertiary/aromatic N) is 2. The molecule has 5 heteroatoms. The maximum atomic E-state index is 5.77. The Labute approximate surface area is 102 Å². The van der Waals surface area contributed by atoms with E-state index in [2.05, 4.69) is 22.2 Å². The van der Waals surface area contributed by atoms with E-state index in [-0.39, 0.29) is 11.6 Å². The van der Waals surface area contributed by atoms with E-state index < -0.39 is 0 Å². The Morgan fingerprint density at radius 3 is 3.12 bits per heavy atom. The van der Waals surface area contributed by atoms with Gasteiger partial charge in [-0.2, -0.15) is 0 Å². The molecule has 0 aliphatic carbocycles. The third kappa shape index (κ3) is 3.21. The van der Waals surface area contributed by atoms with E-state index in [1.807, 2.05) is 6.07 Å². The van der Waals surface area contributed by atoms with Gasteiger partial charge >= 0.3 is 0 Å². The van der Waals surface area contributed by atoms with Crippen LogP contribution >= 0.6 is 0 Å². The Kier molecular flexibility index (Phi) is 4.04. The van der Waals surface area contributed by atoms with Crippen LogP contribution in [0, 0.1) is 0 Å². The summed E-state index contributed by atoms with van der Waals surface area (Å²) in [7, 11) is 0. The number of nitrogens with two attached hydrogens (primary N) is 1. The van der Waals surface area contributed by atoms with Gasteiger partial charge in [-0.15, -0.1) is 0 Å². The molecule has 2 atom stereocenters. The predicted molar refractivity (Wildman–Crippen MR) is 65.4 cm³/mol. The zero-order chi connectivity index (χ0) is 12.1. The number of hydrogen-bond donors (Lipinski definition) is 2. The molecular formula is C12H20N4O. The average Bonchev–Trinajstić information content (AvgIpc) is 2.79. The lowest BCUT2D eigenvalue weighted by atomic mass is 10.0. The minimum absolute atomic E-state index is 0.0551. The normalized spacial score (nSPS) is 26.0. The van der Waals surface area contributed by atoms with Crippen LogP contribution in [0.15, 0.2) is 18.6 Å². The van der Waals surface area contributed by atoms with E-state index in [0.29, 0.717) is 6.54 Å². The van der Waals surface area contributed by atoms with Gasteiger partial charge in [0.1, 0.15) is 6.33 Å². The molecule has 2 heterocycles. The number of rotatable bonds is 5. The molecule has 1 aliphatic rings. The average molecular weight is 236 g/mol. The van der Waals surface area contributed by atoms with E-state index in [4.69, 9.17) is 10.5 Å². The number of hydrogen-bond acceptors (Lipinski definition) is 5. The Morgan fingerprint density at radius 1 is 1.65 bits per heavy atom. The monoisotopic (exact) mass is 236 g/mol. The van der Waals surface area contributed by atoms with Crippen molar-refractivity contribution in [3.63, 3.8) is 0 Å². The van der Waals surface area contributed by atoms with Crippen molar-refractivity contribution in [1.82, 2.24) is 15.3 Å². The second kappa shape index (κ2) is 5.53. The van der Waals surface area contributed by atoms with Gasteiger partial charge in [0.25, 0.3) is 0 Å². The van der Waals surface area contributed by atoms with Gasteiger partial charge in [0.05, 0.1) is 17.3 Å². The molecular weight excluding hydrogens is 216 g/mol. The van der Waals surface area contributed by atoms with E-state index in [9.17, 15) is 0 Å². The largest absolute Gasteiger partial charge is 0.374 e. The van der Waals surface area contributed by atoms with Crippen molar-refractivity contribution in [2.24, 2.45) is 5.73 Å². The van der Waals surface area contributed by atoms with Crippen molar-refractivity contribution >= 4 is 0 Å². The smallest absolute Gasteiger partial charge is 0.115 e. The van der Waals surface area contributed by atoms with Crippen molar-refractivity contribution in [2.75, 3.05) is 19.7 Å². The first-order valence-corrected chi connectivity index (χ1v) is 6.07. The lowest BCUT2D eigenvalue weighted by Gasteiger charge is -2.26. The van der Waals surface area contributed by atoms with Gasteiger partial charge in [-0.3, -0.25) is 0 Å². The van der Waals surface area contributed by atoms with Crippen LogP contribution in [-0.4, -0.2) is 35.3 Å². The number of ether oxygens (including phenoxy) is 1. The number of nitrogens with one attached hydrogen (secondary N) is 1. The highest BCUT2D eigenvalue weighted by atomic mass is 16.5. The number of aromatic nitrogens is 2. The van der Waals surface area contributed by atoms with Crippen LogP contribution in [0.5, 0.6) is 0 Å². The molecule has 0 aromatic carbocycles. The molecule has 0 spiro atoms. The zero-order valence-electron chi connectivity index (χ0n) is 10.2. The fourth-order valence-electron chi connectivity index (χ4n) is 2.13. The topological polar surface area (TPSA) is 73.1 Å². The van der Waals surface area contributed by atoms with E-state index in [1.165, 1.54) is 0 Å². The van der Waals surface area contributed by atoms with Gasteiger partial charge in [-0.25, -0.2) is 9.97 Å². The second-order valence-corrected chi connectivity index (χ2v) is 4.71. The van der Waals surface area contributed by atoms with Crippen molar-refractivity contribution in [2.45, 2.75) is 31.4 Å². The summed E-state index contributed by atoms with van der Waals surface area (Å²) in [6.45, 7) is 4.32. The third-order valence-corrected chi connectivity index (χ3v) is 3.22. The summed E-state index contributed by atoms with van der Waals surface area (Å²) in [4.78, 5) is 8.13. The van der Waals surface area contributed by atoms with Gasteiger partial charge in [0.15, 0.2) is 0 Å². The quantitative estimate of drug-likeness (QED) is 0.784. The SMILES string of the molecule is CC1(CNC(CN)c2ccncn2)CCCO1. The molecule has 0 bridgehead atoms. The van der Waals surface area contributed by atoms with E-state index >= 15 is 0 Å². The summed E-state index contributed by atoms with van der Waals surface area (Å²) in [5.74, 6) is 0. The van der Waals surface area contributed by atoms with Gasteiger partial charge in [0.2, 0.25) is 0 Å². The molecule has 2 rings (SSSR count). The maximum absolute atomic E-state index is 5.77. The minimum atomic E-state index is -0.0551. The van der Waals surface area contributed by atoms with Gasteiger partial charge in [0, 0.05) is 25.9 Å². The van der Waals surface area contributed by atoms with Crippen LogP contribution in [-0.2, 0) is 4.74 Å². The Hall–Kier alpha value is -1.04. The minimum Gasteiger partial charge on any atom is -0.374 e. The third-order valence-electron chi connectivity index (χ3n) is 3.22. The summed E-state index contributed by atoms with van der Waals surface area (Å²) in [6.07, 6.45) is 5.52. The fourth-order valence-corrected chi connectivity index (χ4v) is 2.13. The molecule has 1 saturated heterocycles. The molecule has 3 N–H and O–H groups in total. The van der Waals surface area contributed by atoms with Crippen LogP contribution in [0.25, 0.3) is 0 Å². The van der Waals surface area contributed by atoms with Crippen molar-refractivity contribution in [3.05, 3.63) is 24.3 Å². The van der Waals surface area contributed by atoms with Crippen LogP contribution in [0.3, 0.4) is 0 Å². The zero-order valence-corrected chi connectivity index (χ0v) is 10.2. The molecule has 2 unspecified atom stereocenters. The molecule has 1 fully saturated rings. The van der Waals surface area contributed by atoms with Crippen molar-refractivity contribution in [1.29, 1.82) is 0 Å². The molecule has 0 amide bonds. The van der Waals surface area contributed by atoms with E-state index in [1.54, 1.807) is 12.5 Å². The summed E-state index contributed by atoms with van der Waals surface area (Å²) in [6, 6.07) is 1.96. The Balaban J connectivity index is 1.92. The molecule has 1 aromatic heterocycles. The van der Waals surface area contributed by atoms with Gasteiger partial charge in [-0.1, -0.05) is 0 Å². The van der Waals surface area contributed by atoms with Crippen LogP contribution in [0.1, 0.15) is 31.5 Å². The highest BCUT2D eigenvalue weighted by Gasteiger charge is 2.30. The molecule has 5 nitrogen and oxygen atoms in total. The Morgan fingerprint density at radius 2 is 2.53 bits per heavy atom. The highest BCUT2D eigenvalue weighted by molar-refractivity contribution is 5.05. The molecule has 94 valence electrons. The van der Waals surface area contributed by atoms with Crippen LogP contribution < -0.4 is 11.1 Å². The molecule has 0 saturated carbocycles. The maximum Gasteiger partial charge on any atom is 0.115 e. The standard InChI is InChI=1S/C12H20N4O/c1-12(4-2-6-17-12)8-15-11(7-13)10-3-5-14-9-16-10/h3,5,9,11,15H,2,4,6-8,13H2,1H3. The van der Waals surface area contributed by atoms with Crippen molar-refractivity contribution in [3.8, 4) is 0 Å². The first kappa shape index (κ1) is 12.4. The van der Waals surface area contributed by atoms with Crippen LogP contribution in [0.2, 0.25) is 0 Å². The summed E-state index contributed by atoms with van der Waals surface area (Å²) in [5.41, 5.74) is 6.65. The summed E-state index contributed by atoms with van der Waals surface area (Å²) < 4.78 is 5.74. The lowest BCUT2D eigenvalue weighted by Crippen LogP contribution is -2.41. The highest BCUT2D eigenvalue weighted by Crippen LogP contribution is 2.24. The summed E-state index contributed by atoms with van der Waals surface area (Å²) in [5, 5.41) is 3.43. The van der Waals surface area contributed by atoms with Crippen LogP contribution in [0.4, 0.5) is 0 Å². The van der Waals surface area contributed by atoms with Gasteiger partial charge in [-0.05, 0) is 25.8 Å². The Bertz CT molecular complexity index is 338. The predicted octanol–water partition coefficient (Wildman–Crippen LogP) is 0.635. The van der Waals surface area contributed by atoms with Gasteiger partial charge < -0.3 is 15.8 Å². The molecule has 1 aromatic rings.